The van der Waals surface area contributed by atoms with E-state index in [-0.39, 0.29) is 7.43 Å². The molecular formula is C20H35FN6O4. The molecule has 0 bridgehead atoms. The first-order chi connectivity index (χ1) is 13.6. The number of hydrogen-bond acceptors (Lipinski definition) is 8. The normalized spacial score (nSPS) is 9.55. The Balaban J connectivity index is -0.000000335. The van der Waals surface area contributed by atoms with Gasteiger partial charge in [-0.3, -0.25) is 0 Å². The molecule has 0 aliphatic carbocycles. The Kier molecular flexibility index (Phi) is 17.1. The summed E-state index contributed by atoms with van der Waals surface area (Å²) in [5, 5.41) is 0. The lowest BCUT2D eigenvalue weighted by molar-refractivity contribution is 0.0588. The maximum atomic E-state index is 12.0. The first-order valence-electron chi connectivity index (χ1n) is 8.72. The Bertz CT molecular complexity index is 643. The van der Waals surface area contributed by atoms with E-state index in [0.29, 0.717) is 0 Å². The van der Waals surface area contributed by atoms with E-state index >= 15 is 0 Å². The van der Waals surface area contributed by atoms with Gasteiger partial charge < -0.3 is 20.9 Å². The minimum atomic E-state index is -0.725. The second-order valence-corrected chi connectivity index (χ2v) is 7.52. The Morgan fingerprint density at radius 1 is 0.839 bits per heavy atom. The van der Waals surface area contributed by atoms with Gasteiger partial charge in [0.2, 0.25) is 5.95 Å². The molecule has 0 aromatic carbocycles. The number of halogens is 1. The largest absolute Gasteiger partial charge is 0.444 e. The lowest BCUT2D eigenvalue weighted by Crippen LogP contribution is -2.27. The number of carbonyl (C=O) groups is 2. The summed E-state index contributed by atoms with van der Waals surface area (Å²) in [5.41, 5.74) is 9.51. The zero-order chi connectivity index (χ0) is 23.8. The molecule has 4 N–H and O–H groups in total. The fourth-order valence-corrected chi connectivity index (χ4v) is 1.26. The number of nitrogens with zero attached hydrogens (tertiary/aromatic N) is 4. The van der Waals surface area contributed by atoms with Crippen LogP contribution < -0.4 is 11.5 Å². The van der Waals surface area contributed by atoms with E-state index < -0.39 is 29.3 Å². The van der Waals surface area contributed by atoms with Crippen LogP contribution in [0.2, 0.25) is 0 Å². The van der Waals surface area contributed by atoms with Crippen molar-refractivity contribution in [1.29, 1.82) is 0 Å². The molecule has 0 atom stereocenters. The zero-order valence-electron chi connectivity index (χ0n) is 18.4. The van der Waals surface area contributed by atoms with Gasteiger partial charge in [0.15, 0.2) is 0 Å². The van der Waals surface area contributed by atoms with Crippen LogP contribution >= 0.6 is 0 Å². The fraction of sp³-hybridized carbons (Fsp3) is 0.500. The van der Waals surface area contributed by atoms with Gasteiger partial charge in [-0.2, -0.15) is 4.39 Å². The van der Waals surface area contributed by atoms with Crippen molar-refractivity contribution in [3.8, 4) is 0 Å². The van der Waals surface area contributed by atoms with Crippen LogP contribution in [0.5, 0.6) is 0 Å². The molecule has 31 heavy (non-hydrogen) atoms. The highest BCUT2D eigenvalue weighted by Crippen LogP contribution is 2.05. The number of amides is 2. The number of nitrogens with two attached hydrogens (primary N) is 2. The fourth-order valence-electron chi connectivity index (χ4n) is 1.26. The molecule has 2 heterocycles. The molecule has 0 radical (unpaired) electrons. The highest BCUT2D eigenvalue weighted by molar-refractivity contribution is 5.65. The minimum Gasteiger partial charge on any atom is -0.444 e. The van der Waals surface area contributed by atoms with Gasteiger partial charge >= 0.3 is 12.2 Å². The molecule has 0 unspecified atom stereocenters. The average Bonchev–Trinajstić information content (AvgIpc) is 2.56. The average molecular weight is 443 g/mol. The first kappa shape index (κ1) is 32.3. The third kappa shape index (κ3) is 31.5. The summed E-state index contributed by atoms with van der Waals surface area (Å²) < 4.78 is 21.1. The van der Waals surface area contributed by atoms with Crippen LogP contribution in [0.15, 0.2) is 37.3 Å². The lowest BCUT2D eigenvalue weighted by Gasteiger charge is -2.16. The van der Waals surface area contributed by atoms with Crippen LogP contribution in [-0.4, -0.2) is 43.3 Å². The Labute approximate surface area is 183 Å². The van der Waals surface area contributed by atoms with Crippen molar-refractivity contribution in [2.45, 2.75) is 67.1 Å². The molecule has 2 aromatic heterocycles. The number of aromatic nitrogens is 4. The summed E-state index contributed by atoms with van der Waals surface area (Å²) in [6.45, 7) is 12.4. The molecule has 176 valence electrons. The summed E-state index contributed by atoms with van der Waals surface area (Å²) in [6, 6.07) is 3.03. The van der Waals surface area contributed by atoms with E-state index in [0.717, 1.165) is 5.56 Å². The number of pyridine rings is 1. The van der Waals surface area contributed by atoms with Gasteiger partial charge in [0.1, 0.15) is 30.2 Å². The topological polar surface area (TPSA) is 156 Å². The van der Waals surface area contributed by atoms with Crippen molar-refractivity contribution in [2.24, 2.45) is 11.5 Å². The smallest absolute Gasteiger partial charge is 0.405 e. The zero-order valence-corrected chi connectivity index (χ0v) is 18.4. The van der Waals surface area contributed by atoms with Crippen molar-refractivity contribution in [3.63, 3.8) is 0 Å². The Morgan fingerprint density at radius 2 is 1.19 bits per heavy atom. The maximum Gasteiger partial charge on any atom is 0.405 e. The summed E-state index contributed by atoms with van der Waals surface area (Å²) in [5.74, 6) is -0.421. The van der Waals surface area contributed by atoms with Gasteiger partial charge in [-0.15, -0.1) is 0 Å². The van der Waals surface area contributed by atoms with E-state index in [4.69, 9.17) is 11.5 Å². The minimum absolute atomic E-state index is 0. The molecule has 10 nitrogen and oxygen atoms in total. The van der Waals surface area contributed by atoms with Gasteiger partial charge in [-0.05, 0) is 60.1 Å². The number of aryl methyl sites for hydroxylation is 1. The van der Waals surface area contributed by atoms with Crippen molar-refractivity contribution < 1.29 is 23.5 Å². The van der Waals surface area contributed by atoms with E-state index in [2.05, 4.69) is 29.4 Å². The quantitative estimate of drug-likeness (QED) is 0.583. The molecule has 0 saturated carbocycles. The predicted octanol–water partition coefficient (Wildman–Crippen LogP) is 3.80. The lowest BCUT2D eigenvalue weighted by atomic mass is 10.2. The number of ether oxygens (including phenoxy) is 2. The van der Waals surface area contributed by atoms with Crippen molar-refractivity contribution in [3.05, 3.63) is 48.8 Å². The number of primary amides is 2. The van der Waals surface area contributed by atoms with Gasteiger partial charge in [0, 0.05) is 6.20 Å². The molecule has 0 spiro atoms. The van der Waals surface area contributed by atoms with Crippen LogP contribution in [0.1, 0.15) is 54.5 Å². The second kappa shape index (κ2) is 16.4. The molecule has 0 aliphatic heterocycles. The highest BCUT2D eigenvalue weighted by atomic mass is 19.1. The van der Waals surface area contributed by atoms with Crippen molar-refractivity contribution in [2.75, 3.05) is 0 Å². The monoisotopic (exact) mass is 442 g/mol. The molecule has 0 aliphatic rings. The van der Waals surface area contributed by atoms with Crippen LogP contribution in [0, 0.1) is 12.9 Å². The predicted molar refractivity (Wildman–Crippen MR) is 116 cm³/mol. The molecule has 11 heteroatoms. The number of carbonyl (C=O) groups excluding carboxylic acids is 2. The van der Waals surface area contributed by atoms with E-state index in [1.165, 1.54) is 31.2 Å². The van der Waals surface area contributed by atoms with Crippen molar-refractivity contribution >= 4 is 12.2 Å². The molecule has 0 saturated heterocycles. The summed E-state index contributed by atoms with van der Waals surface area (Å²) in [4.78, 5) is 34.1. The van der Waals surface area contributed by atoms with Gasteiger partial charge in [0.05, 0.1) is 0 Å². The maximum absolute atomic E-state index is 12.0. The highest BCUT2D eigenvalue weighted by Gasteiger charge is 2.13. The Hall–Kier alpha value is -3.37. The van der Waals surface area contributed by atoms with Crippen LogP contribution in [0.3, 0.4) is 0 Å². The van der Waals surface area contributed by atoms with Crippen LogP contribution in [-0.2, 0) is 9.47 Å². The second-order valence-electron chi connectivity index (χ2n) is 7.52. The standard InChI is InChI=1S/C6H6FN.2C5H11NO2.C3H3N3.CH4/c1-5-2-3-6(7)8-4-5;2*1-5(2,3)8-4(6)7;1-4-2-6-3-5-1;/h2-4H,1H3;2*1-3H3,(H2,6,7);1-3H;1H4. The molecular weight excluding hydrogens is 407 g/mol. The molecule has 0 fully saturated rings. The van der Waals surface area contributed by atoms with Gasteiger partial charge in [-0.1, -0.05) is 13.5 Å². The third-order valence-corrected chi connectivity index (χ3v) is 2.09. The van der Waals surface area contributed by atoms with E-state index in [1.807, 2.05) is 6.92 Å². The summed E-state index contributed by atoms with van der Waals surface area (Å²) >= 11 is 0. The van der Waals surface area contributed by atoms with Gasteiger partial charge in [0.25, 0.3) is 0 Å². The Morgan fingerprint density at radius 3 is 1.32 bits per heavy atom. The number of rotatable bonds is 0. The summed E-state index contributed by atoms with van der Waals surface area (Å²) in [7, 11) is 0. The van der Waals surface area contributed by atoms with Gasteiger partial charge in [-0.25, -0.2) is 29.5 Å². The molecule has 2 aromatic rings. The summed E-state index contributed by atoms with van der Waals surface area (Å²) in [6.07, 6.45) is 4.36. The van der Waals surface area contributed by atoms with Crippen LogP contribution in [0.4, 0.5) is 14.0 Å². The van der Waals surface area contributed by atoms with E-state index in [1.54, 1.807) is 47.6 Å². The third-order valence-electron chi connectivity index (χ3n) is 2.09. The van der Waals surface area contributed by atoms with E-state index in [9.17, 15) is 14.0 Å². The SMILES string of the molecule is C.CC(C)(C)OC(N)=O.CC(C)(C)OC(N)=O.Cc1ccc(F)nc1.c1ncncn1. The van der Waals surface area contributed by atoms with Crippen molar-refractivity contribution in [1.82, 2.24) is 19.9 Å². The van der Waals surface area contributed by atoms with Crippen LogP contribution in [0.25, 0.3) is 0 Å². The molecule has 2 rings (SSSR count). The first-order valence-corrected chi connectivity index (χ1v) is 8.72. The molecule has 2 amide bonds. The number of hydrogen-bond donors (Lipinski definition) is 2.